The zero-order chi connectivity index (χ0) is 13.7. The molecule has 2 N–H and O–H groups in total. The smallest absolute Gasteiger partial charge is 0.492 e. The van der Waals surface area contributed by atoms with E-state index in [-0.39, 0.29) is 0 Å². The molecule has 0 unspecified atom stereocenters. The Kier molecular flexibility index (Phi) is 4.83. The minimum Gasteiger partial charge on any atom is -0.494 e. The van der Waals surface area contributed by atoms with E-state index in [0.29, 0.717) is 17.8 Å². The fourth-order valence-electron chi connectivity index (χ4n) is 2.20. The normalized spacial score (nSPS) is 10.7. The zero-order valence-corrected chi connectivity index (χ0v) is 11.2. The van der Waals surface area contributed by atoms with Gasteiger partial charge in [0.25, 0.3) is 0 Å². The fourth-order valence-corrected chi connectivity index (χ4v) is 2.20. The number of rotatable bonds is 6. The molecule has 3 nitrogen and oxygen atoms in total. The molecule has 4 heteroatoms. The molecular formula is C15H19BO3. The highest BCUT2D eigenvalue weighted by molar-refractivity contribution is 6.63. The predicted molar refractivity (Wildman–Crippen MR) is 78.8 cm³/mol. The van der Waals surface area contributed by atoms with Gasteiger partial charge in [0.05, 0.1) is 6.61 Å². The van der Waals surface area contributed by atoms with Crippen LogP contribution < -0.4 is 10.2 Å². The largest absolute Gasteiger partial charge is 0.494 e. The topological polar surface area (TPSA) is 49.7 Å². The Morgan fingerprint density at radius 3 is 2.58 bits per heavy atom. The van der Waals surface area contributed by atoms with Crippen LogP contribution in [0, 0.1) is 0 Å². The summed E-state index contributed by atoms with van der Waals surface area (Å²) < 4.78 is 5.69. The van der Waals surface area contributed by atoms with Gasteiger partial charge in [-0.1, -0.05) is 50.1 Å². The SMILES string of the molecule is CCCCCOc1ccc2ccccc2c1B(O)O. The monoisotopic (exact) mass is 258 g/mol. The summed E-state index contributed by atoms with van der Waals surface area (Å²) in [6.07, 6.45) is 3.23. The van der Waals surface area contributed by atoms with Gasteiger partial charge in [-0.15, -0.1) is 0 Å². The van der Waals surface area contributed by atoms with Crippen molar-refractivity contribution < 1.29 is 14.8 Å². The van der Waals surface area contributed by atoms with Gasteiger partial charge >= 0.3 is 7.12 Å². The lowest BCUT2D eigenvalue weighted by Gasteiger charge is -2.13. The summed E-state index contributed by atoms with van der Waals surface area (Å²) in [7, 11) is -1.52. The summed E-state index contributed by atoms with van der Waals surface area (Å²) in [6, 6.07) is 11.4. The van der Waals surface area contributed by atoms with Crippen molar-refractivity contribution in [3.63, 3.8) is 0 Å². The molecule has 0 saturated carbocycles. The third-order valence-corrected chi connectivity index (χ3v) is 3.19. The Hall–Kier alpha value is -1.52. The molecule has 0 aliphatic rings. The summed E-state index contributed by atoms with van der Waals surface area (Å²) in [5.74, 6) is 0.560. The molecule has 0 heterocycles. The van der Waals surface area contributed by atoms with E-state index >= 15 is 0 Å². The lowest BCUT2D eigenvalue weighted by atomic mass is 9.76. The van der Waals surface area contributed by atoms with E-state index in [1.807, 2.05) is 36.4 Å². The van der Waals surface area contributed by atoms with Crippen molar-refractivity contribution in [3.8, 4) is 5.75 Å². The zero-order valence-electron chi connectivity index (χ0n) is 11.2. The van der Waals surface area contributed by atoms with Crippen LogP contribution in [0.5, 0.6) is 5.75 Å². The first-order valence-electron chi connectivity index (χ1n) is 6.74. The third-order valence-electron chi connectivity index (χ3n) is 3.19. The third kappa shape index (κ3) is 3.28. The van der Waals surface area contributed by atoms with Crippen molar-refractivity contribution in [2.24, 2.45) is 0 Å². The van der Waals surface area contributed by atoms with Gasteiger partial charge in [0.15, 0.2) is 0 Å². The average Bonchev–Trinajstić information content (AvgIpc) is 2.42. The number of unbranched alkanes of at least 4 members (excludes halogenated alkanes) is 2. The van der Waals surface area contributed by atoms with Gasteiger partial charge in [0.2, 0.25) is 0 Å². The van der Waals surface area contributed by atoms with Gasteiger partial charge in [0.1, 0.15) is 5.75 Å². The molecule has 0 aliphatic heterocycles. The maximum Gasteiger partial charge on any atom is 0.492 e. The van der Waals surface area contributed by atoms with Crippen LogP contribution in [-0.4, -0.2) is 23.8 Å². The quantitative estimate of drug-likeness (QED) is 0.616. The van der Waals surface area contributed by atoms with Crippen molar-refractivity contribution in [1.29, 1.82) is 0 Å². The van der Waals surface area contributed by atoms with E-state index < -0.39 is 7.12 Å². The summed E-state index contributed by atoms with van der Waals surface area (Å²) in [5, 5.41) is 21.0. The van der Waals surface area contributed by atoms with Gasteiger partial charge < -0.3 is 14.8 Å². The van der Waals surface area contributed by atoms with Crippen molar-refractivity contribution in [3.05, 3.63) is 36.4 Å². The van der Waals surface area contributed by atoms with Crippen LogP contribution in [0.4, 0.5) is 0 Å². The van der Waals surface area contributed by atoms with E-state index in [4.69, 9.17) is 4.74 Å². The second-order valence-electron chi connectivity index (χ2n) is 4.63. The minimum atomic E-state index is -1.52. The molecule has 0 bridgehead atoms. The number of fused-ring (bicyclic) bond motifs is 1. The van der Waals surface area contributed by atoms with Crippen LogP contribution in [0.1, 0.15) is 26.2 Å². The summed E-state index contributed by atoms with van der Waals surface area (Å²) in [5.41, 5.74) is 0.453. The van der Waals surface area contributed by atoms with E-state index in [9.17, 15) is 10.0 Å². The van der Waals surface area contributed by atoms with Crippen LogP contribution in [0.3, 0.4) is 0 Å². The second kappa shape index (κ2) is 6.59. The molecule has 0 aliphatic carbocycles. The minimum absolute atomic E-state index is 0.453. The fraction of sp³-hybridized carbons (Fsp3) is 0.333. The Morgan fingerprint density at radius 1 is 1.05 bits per heavy atom. The first-order chi connectivity index (χ1) is 9.24. The molecule has 100 valence electrons. The van der Waals surface area contributed by atoms with Crippen LogP contribution >= 0.6 is 0 Å². The van der Waals surface area contributed by atoms with Crippen molar-refractivity contribution in [1.82, 2.24) is 0 Å². The van der Waals surface area contributed by atoms with Crippen LogP contribution in [-0.2, 0) is 0 Å². The van der Waals surface area contributed by atoms with Crippen molar-refractivity contribution in [2.45, 2.75) is 26.2 Å². The molecule has 2 aromatic carbocycles. The van der Waals surface area contributed by atoms with Crippen LogP contribution in [0.25, 0.3) is 10.8 Å². The Morgan fingerprint density at radius 2 is 1.84 bits per heavy atom. The molecule has 0 aromatic heterocycles. The highest BCUT2D eigenvalue weighted by Gasteiger charge is 2.20. The van der Waals surface area contributed by atoms with Crippen LogP contribution in [0.2, 0.25) is 0 Å². The van der Waals surface area contributed by atoms with Crippen molar-refractivity contribution in [2.75, 3.05) is 6.61 Å². The Bertz CT molecular complexity index is 540. The molecule has 2 rings (SSSR count). The molecule has 0 amide bonds. The maximum absolute atomic E-state index is 9.58. The highest BCUT2D eigenvalue weighted by Crippen LogP contribution is 2.19. The Labute approximate surface area is 114 Å². The van der Waals surface area contributed by atoms with Gasteiger partial charge in [-0.25, -0.2) is 0 Å². The number of benzene rings is 2. The molecule has 0 atom stereocenters. The number of hydrogen-bond acceptors (Lipinski definition) is 3. The van der Waals surface area contributed by atoms with Crippen molar-refractivity contribution >= 4 is 23.4 Å². The standard InChI is InChI=1S/C15H19BO3/c1-2-3-6-11-19-14-10-9-12-7-4-5-8-13(12)15(14)16(17)18/h4-5,7-10,17-18H,2-3,6,11H2,1H3. The summed E-state index contributed by atoms with van der Waals surface area (Å²) in [4.78, 5) is 0. The maximum atomic E-state index is 9.58. The van der Waals surface area contributed by atoms with E-state index in [1.54, 1.807) is 0 Å². The van der Waals surface area contributed by atoms with E-state index in [2.05, 4.69) is 6.92 Å². The van der Waals surface area contributed by atoms with Gasteiger partial charge in [-0.3, -0.25) is 0 Å². The molecule has 19 heavy (non-hydrogen) atoms. The van der Waals surface area contributed by atoms with Gasteiger partial charge in [-0.2, -0.15) is 0 Å². The molecule has 0 saturated heterocycles. The molecule has 0 radical (unpaired) electrons. The lowest BCUT2D eigenvalue weighted by Crippen LogP contribution is -2.32. The number of ether oxygens (including phenoxy) is 1. The first-order valence-corrected chi connectivity index (χ1v) is 6.74. The second-order valence-corrected chi connectivity index (χ2v) is 4.63. The molecular weight excluding hydrogens is 239 g/mol. The van der Waals surface area contributed by atoms with Gasteiger partial charge in [0, 0.05) is 5.46 Å². The predicted octanol–water partition coefficient (Wildman–Crippen LogP) is 2.09. The summed E-state index contributed by atoms with van der Waals surface area (Å²) in [6.45, 7) is 2.74. The van der Waals surface area contributed by atoms with E-state index in [0.717, 1.165) is 30.0 Å². The first kappa shape index (κ1) is 13.9. The molecule has 2 aromatic rings. The average molecular weight is 258 g/mol. The molecule has 0 fully saturated rings. The van der Waals surface area contributed by atoms with Gasteiger partial charge in [-0.05, 0) is 23.3 Å². The van der Waals surface area contributed by atoms with E-state index in [1.165, 1.54) is 0 Å². The lowest BCUT2D eigenvalue weighted by molar-refractivity contribution is 0.307. The highest BCUT2D eigenvalue weighted by atomic mass is 16.5. The molecule has 0 spiro atoms. The Balaban J connectivity index is 2.29. The van der Waals surface area contributed by atoms with Crippen LogP contribution in [0.15, 0.2) is 36.4 Å². The summed E-state index contributed by atoms with van der Waals surface area (Å²) >= 11 is 0. The number of hydrogen-bond donors (Lipinski definition) is 2.